The molecule has 0 radical (unpaired) electrons. The van der Waals surface area contributed by atoms with Gasteiger partial charge in [0.1, 0.15) is 0 Å². The number of hydrogen-bond donors (Lipinski definition) is 1. The SMILES string of the molecule is CN(CCCC(=O)O)C(=O)c1cc(I)cc(I)c1I. The second-order valence-corrected chi connectivity index (χ2v) is 7.46. The third kappa shape index (κ3) is 5.33. The fourth-order valence-corrected chi connectivity index (χ4v) is 3.87. The molecule has 0 heterocycles. The van der Waals surface area contributed by atoms with E-state index >= 15 is 0 Å². The predicted molar refractivity (Wildman–Crippen MR) is 98.4 cm³/mol. The number of carbonyl (C=O) groups is 2. The monoisotopic (exact) mass is 599 g/mol. The van der Waals surface area contributed by atoms with Crippen molar-refractivity contribution in [1.82, 2.24) is 4.90 Å². The van der Waals surface area contributed by atoms with E-state index in [0.717, 1.165) is 10.7 Å². The number of carboxylic acids is 1. The van der Waals surface area contributed by atoms with Crippen molar-refractivity contribution < 1.29 is 14.7 Å². The quantitative estimate of drug-likeness (QED) is 0.418. The Hall–Kier alpha value is 0.350. The summed E-state index contributed by atoms with van der Waals surface area (Å²) in [5.41, 5.74) is 0.676. The van der Waals surface area contributed by atoms with Crippen molar-refractivity contribution in [3.63, 3.8) is 0 Å². The molecule has 0 atom stereocenters. The lowest BCUT2D eigenvalue weighted by Gasteiger charge is -2.18. The molecule has 0 unspecified atom stereocenters. The normalized spacial score (nSPS) is 10.3. The number of nitrogens with zero attached hydrogens (tertiary/aromatic N) is 1. The Morgan fingerprint density at radius 1 is 1.26 bits per heavy atom. The van der Waals surface area contributed by atoms with Gasteiger partial charge < -0.3 is 10.0 Å². The van der Waals surface area contributed by atoms with E-state index in [2.05, 4.69) is 67.8 Å². The predicted octanol–water partition coefficient (Wildman–Crippen LogP) is 3.44. The molecule has 1 aromatic rings. The first kappa shape index (κ1) is 17.4. The topological polar surface area (TPSA) is 57.6 Å². The zero-order chi connectivity index (χ0) is 14.6. The van der Waals surface area contributed by atoms with Crippen LogP contribution in [0.3, 0.4) is 0 Å². The first-order chi connectivity index (χ1) is 8.82. The van der Waals surface area contributed by atoms with Crippen LogP contribution < -0.4 is 0 Å². The average Bonchev–Trinajstić information content (AvgIpc) is 2.32. The number of benzene rings is 1. The zero-order valence-electron chi connectivity index (χ0n) is 10.1. The van der Waals surface area contributed by atoms with E-state index in [1.54, 1.807) is 11.9 Å². The van der Waals surface area contributed by atoms with Crippen LogP contribution in [-0.2, 0) is 4.79 Å². The molecular weight excluding hydrogens is 587 g/mol. The minimum Gasteiger partial charge on any atom is -0.481 e. The highest BCUT2D eigenvalue weighted by molar-refractivity contribution is 14.1. The summed E-state index contributed by atoms with van der Waals surface area (Å²) in [6.07, 6.45) is 0.549. The maximum Gasteiger partial charge on any atom is 0.303 e. The fourth-order valence-electron chi connectivity index (χ4n) is 1.49. The molecule has 1 rings (SSSR count). The third-order valence-corrected chi connectivity index (χ3v) is 6.12. The van der Waals surface area contributed by atoms with Crippen molar-refractivity contribution in [1.29, 1.82) is 0 Å². The molecule has 0 aromatic heterocycles. The summed E-state index contributed by atoms with van der Waals surface area (Å²) in [5, 5.41) is 8.59. The van der Waals surface area contributed by atoms with E-state index < -0.39 is 5.97 Å². The average molecular weight is 599 g/mol. The molecule has 0 spiro atoms. The van der Waals surface area contributed by atoms with Gasteiger partial charge in [0.25, 0.3) is 5.91 Å². The molecule has 7 heteroatoms. The van der Waals surface area contributed by atoms with Gasteiger partial charge in [0, 0.05) is 30.7 Å². The highest BCUT2D eigenvalue weighted by Gasteiger charge is 2.17. The Labute approximate surface area is 152 Å². The summed E-state index contributed by atoms with van der Waals surface area (Å²) < 4.78 is 3.01. The van der Waals surface area contributed by atoms with Crippen molar-refractivity contribution in [2.24, 2.45) is 0 Å². The molecule has 0 fully saturated rings. The fraction of sp³-hybridized carbons (Fsp3) is 0.333. The van der Waals surface area contributed by atoms with Crippen LogP contribution >= 0.6 is 67.8 Å². The van der Waals surface area contributed by atoms with Crippen molar-refractivity contribution in [3.05, 3.63) is 28.4 Å². The van der Waals surface area contributed by atoms with Crippen molar-refractivity contribution >= 4 is 79.6 Å². The van der Waals surface area contributed by atoms with E-state index in [4.69, 9.17) is 5.11 Å². The lowest BCUT2D eigenvalue weighted by Crippen LogP contribution is -2.29. The third-order valence-electron chi connectivity index (χ3n) is 2.45. The van der Waals surface area contributed by atoms with E-state index in [1.807, 2.05) is 12.1 Å². The highest BCUT2D eigenvalue weighted by atomic mass is 127. The van der Waals surface area contributed by atoms with Crippen LogP contribution in [0.1, 0.15) is 23.2 Å². The van der Waals surface area contributed by atoms with Crippen LogP contribution in [0.4, 0.5) is 0 Å². The molecule has 19 heavy (non-hydrogen) atoms. The maximum atomic E-state index is 12.3. The Bertz CT molecular complexity index is 505. The smallest absolute Gasteiger partial charge is 0.303 e. The van der Waals surface area contributed by atoms with Crippen LogP contribution in [0.15, 0.2) is 12.1 Å². The van der Waals surface area contributed by atoms with Gasteiger partial charge in [0.05, 0.1) is 5.56 Å². The number of amides is 1. The Kier molecular flexibility index (Phi) is 7.29. The summed E-state index contributed by atoms with van der Waals surface area (Å²) in [4.78, 5) is 24.3. The molecular formula is C12H12I3NO3. The molecule has 0 saturated heterocycles. The van der Waals surface area contributed by atoms with Gasteiger partial charge in [-0.3, -0.25) is 9.59 Å². The van der Waals surface area contributed by atoms with E-state index in [0.29, 0.717) is 18.5 Å². The van der Waals surface area contributed by atoms with Crippen molar-refractivity contribution in [2.75, 3.05) is 13.6 Å². The van der Waals surface area contributed by atoms with Gasteiger partial charge in [-0.2, -0.15) is 0 Å². The number of carboxylic acid groups (broad SMARTS) is 1. The molecule has 1 N–H and O–H groups in total. The molecule has 0 aliphatic heterocycles. The molecule has 0 saturated carbocycles. The van der Waals surface area contributed by atoms with Crippen LogP contribution in [0.5, 0.6) is 0 Å². The highest BCUT2D eigenvalue weighted by Crippen LogP contribution is 2.23. The Balaban J connectivity index is 2.79. The van der Waals surface area contributed by atoms with Crippen LogP contribution in [0, 0.1) is 10.7 Å². The lowest BCUT2D eigenvalue weighted by atomic mass is 10.2. The molecule has 0 bridgehead atoms. The summed E-state index contributed by atoms with van der Waals surface area (Å²) >= 11 is 6.56. The maximum absolute atomic E-state index is 12.3. The van der Waals surface area contributed by atoms with Crippen molar-refractivity contribution in [2.45, 2.75) is 12.8 Å². The van der Waals surface area contributed by atoms with E-state index in [-0.39, 0.29) is 12.3 Å². The molecule has 104 valence electrons. The van der Waals surface area contributed by atoms with Crippen LogP contribution in [-0.4, -0.2) is 35.5 Å². The van der Waals surface area contributed by atoms with Crippen molar-refractivity contribution in [3.8, 4) is 0 Å². The lowest BCUT2D eigenvalue weighted by molar-refractivity contribution is -0.137. The van der Waals surface area contributed by atoms with Gasteiger partial charge >= 0.3 is 5.97 Å². The minimum atomic E-state index is -0.834. The number of rotatable bonds is 5. The Morgan fingerprint density at radius 3 is 2.47 bits per heavy atom. The van der Waals surface area contributed by atoms with Gasteiger partial charge in [-0.15, -0.1) is 0 Å². The molecule has 0 aliphatic carbocycles. The van der Waals surface area contributed by atoms with Crippen LogP contribution in [0.25, 0.3) is 0 Å². The van der Waals surface area contributed by atoms with Gasteiger partial charge in [-0.05, 0) is 86.3 Å². The van der Waals surface area contributed by atoms with Gasteiger partial charge in [-0.1, -0.05) is 0 Å². The number of carbonyl (C=O) groups excluding carboxylic acids is 1. The molecule has 1 aromatic carbocycles. The number of aliphatic carboxylic acids is 1. The first-order valence-electron chi connectivity index (χ1n) is 5.44. The summed E-state index contributed by atoms with van der Waals surface area (Å²) in [6.45, 7) is 0.448. The number of hydrogen-bond acceptors (Lipinski definition) is 2. The Morgan fingerprint density at radius 2 is 1.89 bits per heavy atom. The summed E-state index contributed by atoms with van der Waals surface area (Å²) in [6, 6.07) is 3.88. The largest absolute Gasteiger partial charge is 0.481 e. The molecule has 1 amide bonds. The van der Waals surface area contributed by atoms with Gasteiger partial charge in [0.2, 0.25) is 0 Å². The second kappa shape index (κ2) is 7.96. The summed E-state index contributed by atoms with van der Waals surface area (Å²) in [7, 11) is 1.70. The van der Waals surface area contributed by atoms with Crippen LogP contribution in [0.2, 0.25) is 0 Å². The van der Waals surface area contributed by atoms with E-state index in [9.17, 15) is 9.59 Å². The van der Waals surface area contributed by atoms with Gasteiger partial charge in [-0.25, -0.2) is 0 Å². The van der Waals surface area contributed by atoms with Gasteiger partial charge in [0.15, 0.2) is 0 Å². The second-order valence-electron chi connectivity index (χ2n) is 3.97. The molecule has 4 nitrogen and oxygen atoms in total. The first-order valence-corrected chi connectivity index (χ1v) is 8.68. The summed E-state index contributed by atoms with van der Waals surface area (Å²) in [5.74, 6) is -0.898. The zero-order valence-corrected chi connectivity index (χ0v) is 16.6. The van der Waals surface area contributed by atoms with E-state index in [1.165, 1.54) is 0 Å². The molecule has 0 aliphatic rings. The standard InChI is InChI=1S/C12H12I3NO3/c1-16(4-2-3-10(17)18)12(19)8-5-7(13)6-9(14)11(8)15/h5-6H,2-4H2,1H3,(H,17,18). The number of halogens is 3. The minimum absolute atomic E-state index is 0.0637.